The monoisotopic (exact) mass is 505 g/mol. The lowest BCUT2D eigenvalue weighted by atomic mass is 9.92. The van der Waals surface area contributed by atoms with Gasteiger partial charge in [0.1, 0.15) is 5.69 Å². The standard InChI is InChI=1S/C28H27N9O/c1-16-14-37(15-32-16)24-13-30-12-23-20(24)7-22(34-23)26-21-6-18(10-31-27(21)36-35-26)17-5-19(11-29-9-17)33-25(38)8-28(2,3)4/h5-7,9-15,34H,8H2,1-4H3,(H,33,38)(H,31,35,36). The van der Waals surface area contributed by atoms with E-state index in [9.17, 15) is 4.79 Å². The predicted octanol–water partition coefficient (Wildman–Crippen LogP) is 5.43. The van der Waals surface area contributed by atoms with E-state index in [2.05, 4.69) is 46.5 Å². The zero-order valence-corrected chi connectivity index (χ0v) is 21.6. The average molecular weight is 506 g/mol. The number of aryl methyl sites for hydroxylation is 1. The molecule has 10 nitrogen and oxygen atoms in total. The predicted molar refractivity (Wildman–Crippen MR) is 147 cm³/mol. The quantitative estimate of drug-likeness (QED) is 0.286. The van der Waals surface area contributed by atoms with Gasteiger partial charge in [-0.1, -0.05) is 20.8 Å². The van der Waals surface area contributed by atoms with Crippen LogP contribution in [-0.2, 0) is 4.79 Å². The summed E-state index contributed by atoms with van der Waals surface area (Å²) in [7, 11) is 0. The van der Waals surface area contributed by atoms with Crippen LogP contribution >= 0.6 is 0 Å². The Morgan fingerprint density at radius 3 is 2.58 bits per heavy atom. The molecule has 6 aromatic rings. The van der Waals surface area contributed by atoms with Gasteiger partial charge in [-0.3, -0.25) is 19.9 Å². The fourth-order valence-electron chi connectivity index (χ4n) is 4.54. The maximum absolute atomic E-state index is 12.4. The summed E-state index contributed by atoms with van der Waals surface area (Å²) in [6.07, 6.45) is 13.0. The van der Waals surface area contributed by atoms with Crippen molar-refractivity contribution in [3.8, 4) is 28.2 Å². The molecule has 0 aliphatic carbocycles. The molecule has 0 radical (unpaired) electrons. The van der Waals surface area contributed by atoms with Gasteiger partial charge in [0.15, 0.2) is 5.65 Å². The van der Waals surface area contributed by atoms with Gasteiger partial charge in [-0.2, -0.15) is 5.10 Å². The Labute approximate surface area is 218 Å². The molecule has 3 N–H and O–H groups in total. The molecule has 0 atom stereocenters. The fourth-order valence-corrected chi connectivity index (χ4v) is 4.54. The van der Waals surface area contributed by atoms with Crippen molar-refractivity contribution < 1.29 is 4.79 Å². The van der Waals surface area contributed by atoms with Crippen LogP contribution < -0.4 is 5.32 Å². The summed E-state index contributed by atoms with van der Waals surface area (Å²) in [5, 5.41) is 12.4. The number of pyridine rings is 3. The summed E-state index contributed by atoms with van der Waals surface area (Å²) in [6, 6.07) is 6.00. The van der Waals surface area contributed by atoms with Crippen molar-refractivity contribution in [3.63, 3.8) is 0 Å². The number of rotatable bonds is 5. The number of imidazole rings is 1. The van der Waals surface area contributed by atoms with Crippen LogP contribution in [0.3, 0.4) is 0 Å². The lowest BCUT2D eigenvalue weighted by Crippen LogP contribution is -2.19. The van der Waals surface area contributed by atoms with Gasteiger partial charge in [-0.25, -0.2) is 9.97 Å². The second-order valence-corrected chi connectivity index (χ2v) is 10.7. The van der Waals surface area contributed by atoms with Gasteiger partial charge in [0, 0.05) is 46.9 Å². The van der Waals surface area contributed by atoms with E-state index < -0.39 is 0 Å². The summed E-state index contributed by atoms with van der Waals surface area (Å²) in [5.41, 5.74) is 7.29. The van der Waals surface area contributed by atoms with E-state index in [0.29, 0.717) is 17.8 Å². The van der Waals surface area contributed by atoms with E-state index >= 15 is 0 Å². The summed E-state index contributed by atoms with van der Waals surface area (Å²) in [6.45, 7) is 8.06. The van der Waals surface area contributed by atoms with Crippen molar-refractivity contribution >= 4 is 33.5 Å². The largest absolute Gasteiger partial charge is 0.352 e. The van der Waals surface area contributed by atoms with E-state index in [1.54, 1.807) is 31.1 Å². The molecule has 38 heavy (non-hydrogen) atoms. The highest BCUT2D eigenvalue weighted by molar-refractivity contribution is 5.98. The number of amides is 1. The van der Waals surface area contributed by atoms with E-state index in [1.807, 2.05) is 56.8 Å². The number of carbonyl (C=O) groups is 1. The number of H-pyrrole nitrogens is 2. The number of hydrogen-bond acceptors (Lipinski definition) is 6. The molecule has 0 saturated heterocycles. The Bertz CT molecular complexity index is 1800. The molecule has 0 saturated carbocycles. The first-order chi connectivity index (χ1) is 18.2. The fraction of sp³-hybridized carbons (Fsp3) is 0.214. The number of carbonyl (C=O) groups excluding carboxylic acids is 1. The van der Waals surface area contributed by atoms with Crippen LogP contribution in [0.4, 0.5) is 5.69 Å². The minimum Gasteiger partial charge on any atom is -0.352 e. The van der Waals surface area contributed by atoms with Gasteiger partial charge in [0.05, 0.1) is 53.2 Å². The molecule has 0 fully saturated rings. The maximum Gasteiger partial charge on any atom is 0.224 e. The van der Waals surface area contributed by atoms with Gasteiger partial charge in [0.25, 0.3) is 0 Å². The van der Waals surface area contributed by atoms with Crippen molar-refractivity contribution in [2.24, 2.45) is 5.41 Å². The van der Waals surface area contributed by atoms with Crippen LogP contribution in [0.15, 0.2) is 61.7 Å². The molecule has 6 rings (SSSR count). The van der Waals surface area contributed by atoms with E-state index in [4.69, 9.17) is 0 Å². The number of aromatic nitrogens is 8. The maximum atomic E-state index is 12.4. The topological polar surface area (TPSA) is 130 Å². The second kappa shape index (κ2) is 8.91. The molecule has 0 aliphatic rings. The number of anilines is 1. The third kappa shape index (κ3) is 4.52. The Morgan fingerprint density at radius 2 is 1.79 bits per heavy atom. The second-order valence-electron chi connectivity index (χ2n) is 10.7. The zero-order valence-electron chi connectivity index (χ0n) is 21.6. The lowest BCUT2D eigenvalue weighted by Gasteiger charge is -2.17. The normalized spacial score (nSPS) is 11.9. The molecule has 1 amide bonds. The lowest BCUT2D eigenvalue weighted by molar-refractivity contribution is -0.117. The molecular weight excluding hydrogens is 478 g/mol. The molecule has 10 heteroatoms. The summed E-state index contributed by atoms with van der Waals surface area (Å²) < 4.78 is 1.96. The summed E-state index contributed by atoms with van der Waals surface area (Å²) in [5.74, 6) is -0.0410. The summed E-state index contributed by atoms with van der Waals surface area (Å²) in [4.78, 5) is 33.6. The van der Waals surface area contributed by atoms with E-state index in [1.165, 1.54) is 0 Å². The minimum absolute atomic E-state index is 0.0410. The van der Waals surface area contributed by atoms with Crippen molar-refractivity contribution in [2.45, 2.75) is 34.1 Å². The molecule has 0 aromatic carbocycles. The molecular formula is C28H27N9O. The highest BCUT2D eigenvalue weighted by atomic mass is 16.1. The van der Waals surface area contributed by atoms with Gasteiger partial charge in [-0.05, 0) is 30.5 Å². The van der Waals surface area contributed by atoms with Crippen LogP contribution in [0.25, 0.3) is 50.1 Å². The zero-order chi connectivity index (χ0) is 26.4. The first-order valence-electron chi connectivity index (χ1n) is 12.3. The van der Waals surface area contributed by atoms with Crippen LogP contribution in [0.1, 0.15) is 32.9 Å². The number of nitrogens with one attached hydrogen (secondary N) is 3. The van der Waals surface area contributed by atoms with Crippen LogP contribution in [0.2, 0.25) is 0 Å². The van der Waals surface area contributed by atoms with Crippen LogP contribution in [0.5, 0.6) is 0 Å². The van der Waals surface area contributed by atoms with Gasteiger partial charge >= 0.3 is 0 Å². The van der Waals surface area contributed by atoms with Crippen molar-refractivity contribution in [3.05, 3.63) is 67.4 Å². The van der Waals surface area contributed by atoms with Crippen molar-refractivity contribution in [1.82, 2.24) is 39.7 Å². The van der Waals surface area contributed by atoms with Crippen LogP contribution in [0, 0.1) is 12.3 Å². The number of aromatic amines is 2. The van der Waals surface area contributed by atoms with Crippen molar-refractivity contribution in [1.29, 1.82) is 0 Å². The summed E-state index contributed by atoms with van der Waals surface area (Å²) >= 11 is 0. The third-order valence-corrected chi connectivity index (χ3v) is 6.23. The first-order valence-corrected chi connectivity index (χ1v) is 12.3. The molecule has 0 aliphatic heterocycles. The molecule has 0 spiro atoms. The van der Waals surface area contributed by atoms with Crippen LogP contribution in [-0.4, -0.2) is 45.6 Å². The Morgan fingerprint density at radius 1 is 0.974 bits per heavy atom. The Balaban J connectivity index is 1.36. The number of hydrogen-bond donors (Lipinski definition) is 3. The Hall–Kier alpha value is -4.86. The molecule has 190 valence electrons. The first kappa shape index (κ1) is 23.5. The van der Waals surface area contributed by atoms with E-state index in [0.717, 1.165) is 50.2 Å². The molecule has 6 aromatic heterocycles. The molecule has 6 heterocycles. The minimum atomic E-state index is -0.0983. The van der Waals surface area contributed by atoms with Gasteiger partial charge in [-0.15, -0.1) is 0 Å². The average Bonchev–Trinajstić information content (AvgIpc) is 3.60. The Kier molecular flexibility index (Phi) is 5.52. The highest BCUT2D eigenvalue weighted by Crippen LogP contribution is 2.32. The van der Waals surface area contributed by atoms with Crippen molar-refractivity contribution in [2.75, 3.05) is 5.32 Å². The highest BCUT2D eigenvalue weighted by Gasteiger charge is 2.17. The SMILES string of the molecule is Cc1cn(-c2cncc3[nH]c(-c4n[nH]c5ncc(-c6cncc(NC(=O)CC(C)(C)C)c6)cc45)cc23)cn1. The van der Waals surface area contributed by atoms with E-state index in [-0.39, 0.29) is 11.3 Å². The van der Waals surface area contributed by atoms with Gasteiger partial charge < -0.3 is 14.9 Å². The third-order valence-electron chi connectivity index (χ3n) is 6.23. The number of nitrogens with zero attached hydrogens (tertiary/aromatic N) is 6. The smallest absolute Gasteiger partial charge is 0.224 e. The molecule has 0 bridgehead atoms. The number of fused-ring (bicyclic) bond motifs is 2. The molecule has 0 unspecified atom stereocenters. The van der Waals surface area contributed by atoms with Gasteiger partial charge in [0.2, 0.25) is 5.91 Å².